The Morgan fingerprint density at radius 1 is 0.941 bits per heavy atom. The molecule has 0 spiro atoms. The Labute approximate surface area is 122 Å². The minimum absolute atomic E-state index is 0. The Hall–Kier alpha value is -1.29. The Kier molecular flexibility index (Phi) is 5.22. The van der Waals surface area contributed by atoms with E-state index in [1.54, 1.807) is 24.3 Å². The van der Waals surface area contributed by atoms with Crippen LogP contribution >= 0.6 is 0 Å². The third-order valence-electron chi connectivity index (χ3n) is 2.16. The number of para-hydroxylation sites is 2. The molecule has 0 atom stereocenters. The molecule has 0 fully saturated rings. The van der Waals surface area contributed by atoms with Crippen LogP contribution in [0.5, 0.6) is 5.75 Å². The zero-order valence-electron chi connectivity index (χ0n) is 9.51. The predicted molar refractivity (Wildman–Crippen MR) is 60.3 cm³/mol. The van der Waals surface area contributed by atoms with Crippen LogP contribution in [0.4, 0.5) is 5.69 Å². The van der Waals surface area contributed by atoms with Gasteiger partial charge in [-0.25, -0.2) is 0 Å². The molecule has 1 amide bonds. The summed E-state index contributed by atoms with van der Waals surface area (Å²) in [6, 6.07) is 15.2. The molecule has 0 aliphatic carbocycles. The molecule has 0 saturated carbocycles. The van der Waals surface area contributed by atoms with Crippen molar-refractivity contribution in [1.82, 2.24) is 0 Å². The molecule has 1 N–H and O–H groups in total. The van der Waals surface area contributed by atoms with E-state index in [1.807, 2.05) is 18.2 Å². The van der Waals surface area contributed by atoms with Crippen molar-refractivity contribution in [2.45, 2.75) is 0 Å². The molecule has 2 aromatic carbocycles. The van der Waals surface area contributed by atoms with Crippen molar-refractivity contribution in [1.29, 1.82) is 0 Å². The minimum atomic E-state index is -0.378. The van der Waals surface area contributed by atoms with Gasteiger partial charge in [-0.15, -0.1) is 0 Å². The fourth-order valence-electron chi connectivity index (χ4n) is 1.37. The Bertz CT molecular complexity index is 500. The van der Waals surface area contributed by atoms with Gasteiger partial charge in [-0.05, 0) is 12.1 Å². The van der Waals surface area contributed by atoms with Crippen molar-refractivity contribution < 1.29 is 39.5 Å². The number of anilines is 1. The summed E-state index contributed by atoms with van der Waals surface area (Å²) in [7, 11) is 0. The predicted octanol–water partition coefficient (Wildman–Crippen LogP) is -0.984. The SMILES string of the molecule is O=C(Nc1ccccc1)c1ccccc1[O-].[Na+]. The second-order valence-corrected chi connectivity index (χ2v) is 3.32. The number of nitrogens with one attached hydrogen (secondary N) is 1. The third-order valence-corrected chi connectivity index (χ3v) is 2.16. The van der Waals surface area contributed by atoms with Crippen LogP contribution in [-0.2, 0) is 0 Å². The first-order chi connectivity index (χ1) is 7.77. The topological polar surface area (TPSA) is 52.2 Å². The van der Waals surface area contributed by atoms with Crippen LogP contribution in [0.25, 0.3) is 0 Å². The molecule has 4 heteroatoms. The van der Waals surface area contributed by atoms with E-state index < -0.39 is 0 Å². The summed E-state index contributed by atoms with van der Waals surface area (Å²) in [5.74, 6) is -0.646. The van der Waals surface area contributed by atoms with Crippen molar-refractivity contribution >= 4 is 11.6 Å². The summed E-state index contributed by atoms with van der Waals surface area (Å²) in [5.41, 5.74) is 0.835. The summed E-state index contributed by atoms with van der Waals surface area (Å²) >= 11 is 0. The van der Waals surface area contributed by atoms with Crippen LogP contribution in [-0.4, -0.2) is 5.91 Å². The van der Waals surface area contributed by atoms with E-state index in [4.69, 9.17) is 0 Å². The maximum absolute atomic E-state index is 11.7. The Morgan fingerprint density at radius 3 is 2.18 bits per heavy atom. The molecule has 17 heavy (non-hydrogen) atoms. The molecule has 0 unspecified atom stereocenters. The van der Waals surface area contributed by atoms with Crippen molar-refractivity contribution in [2.24, 2.45) is 0 Å². The maximum Gasteiger partial charge on any atom is 1.00 e. The third kappa shape index (κ3) is 3.60. The number of carbonyl (C=O) groups is 1. The summed E-state index contributed by atoms with van der Waals surface area (Å²) in [5, 5.41) is 14.1. The summed E-state index contributed by atoms with van der Waals surface area (Å²) < 4.78 is 0. The number of amides is 1. The smallest absolute Gasteiger partial charge is 0.872 e. The number of rotatable bonds is 2. The van der Waals surface area contributed by atoms with Gasteiger partial charge in [0.15, 0.2) is 0 Å². The first kappa shape index (κ1) is 13.8. The monoisotopic (exact) mass is 235 g/mol. The fraction of sp³-hybridized carbons (Fsp3) is 0. The number of hydrogen-bond acceptors (Lipinski definition) is 2. The van der Waals surface area contributed by atoms with Crippen molar-refractivity contribution in [3.05, 3.63) is 60.2 Å². The van der Waals surface area contributed by atoms with Gasteiger partial charge in [0.1, 0.15) is 0 Å². The standard InChI is InChI=1S/C13H11NO2.Na/c15-12-9-5-4-8-11(12)13(16)14-10-6-2-1-3-7-10;/h1-9,15H,(H,14,16);/q;+1/p-1. The largest absolute Gasteiger partial charge is 1.00 e. The van der Waals surface area contributed by atoms with Crippen molar-refractivity contribution in [3.63, 3.8) is 0 Å². The number of benzene rings is 2. The molecule has 0 aromatic heterocycles. The van der Waals surface area contributed by atoms with Crippen LogP contribution in [0.15, 0.2) is 54.6 Å². The molecule has 0 bridgehead atoms. The fourth-order valence-corrected chi connectivity index (χ4v) is 1.37. The number of hydrogen-bond donors (Lipinski definition) is 1. The van der Waals surface area contributed by atoms with Crippen LogP contribution in [0.1, 0.15) is 10.4 Å². The van der Waals surface area contributed by atoms with E-state index in [0.717, 1.165) is 0 Å². The average molecular weight is 235 g/mol. The van der Waals surface area contributed by atoms with Gasteiger partial charge in [-0.2, -0.15) is 0 Å². The molecular weight excluding hydrogens is 225 g/mol. The first-order valence-corrected chi connectivity index (χ1v) is 4.90. The van der Waals surface area contributed by atoms with Crippen LogP contribution in [0, 0.1) is 0 Å². The van der Waals surface area contributed by atoms with E-state index in [1.165, 1.54) is 12.1 Å². The second kappa shape index (κ2) is 6.45. The summed E-state index contributed by atoms with van der Waals surface area (Å²) in [6.07, 6.45) is 0. The Morgan fingerprint density at radius 2 is 1.53 bits per heavy atom. The molecule has 0 aliphatic rings. The van der Waals surface area contributed by atoms with Crippen LogP contribution in [0.2, 0.25) is 0 Å². The normalized spacial score (nSPS) is 9.18. The Balaban J connectivity index is 0.00000144. The van der Waals surface area contributed by atoms with Crippen LogP contribution < -0.4 is 40.0 Å². The zero-order chi connectivity index (χ0) is 11.4. The van der Waals surface area contributed by atoms with Gasteiger partial charge in [0.25, 0.3) is 5.91 Å². The molecule has 0 radical (unpaired) electrons. The first-order valence-electron chi connectivity index (χ1n) is 4.90. The van der Waals surface area contributed by atoms with Gasteiger partial charge in [0.2, 0.25) is 0 Å². The average Bonchev–Trinajstić information content (AvgIpc) is 2.31. The summed E-state index contributed by atoms with van der Waals surface area (Å²) in [6.45, 7) is 0. The molecule has 2 aromatic rings. The summed E-state index contributed by atoms with van der Waals surface area (Å²) in [4.78, 5) is 11.7. The maximum atomic E-state index is 11.7. The quantitative estimate of drug-likeness (QED) is 0.680. The zero-order valence-corrected chi connectivity index (χ0v) is 11.5. The van der Waals surface area contributed by atoms with E-state index in [9.17, 15) is 9.90 Å². The second-order valence-electron chi connectivity index (χ2n) is 3.32. The van der Waals surface area contributed by atoms with Crippen molar-refractivity contribution in [3.8, 4) is 5.75 Å². The molecular formula is C13H10NNaO2. The molecule has 80 valence electrons. The molecule has 0 saturated heterocycles. The molecule has 0 heterocycles. The van der Waals surface area contributed by atoms with E-state index in [0.29, 0.717) is 5.69 Å². The van der Waals surface area contributed by atoms with Crippen LogP contribution in [0.3, 0.4) is 0 Å². The number of carbonyl (C=O) groups excluding carboxylic acids is 1. The van der Waals surface area contributed by atoms with Crippen molar-refractivity contribution in [2.75, 3.05) is 5.32 Å². The van der Waals surface area contributed by atoms with Gasteiger partial charge in [-0.3, -0.25) is 4.79 Å². The molecule has 2 rings (SSSR count). The van der Waals surface area contributed by atoms with Gasteiger partial charge in [0, 0.05) is 11.3 Å². The van der Waals surface area contributed by atoms with Gasteiger partial charge >= 0.3 is 29.6 Å². The van der Waals surface area contributed by atoms with Gasteiger partial charge < -0.3 is 10.4 Å². The minimum Gasteiger partial charge on any atom is -0.872 e. The molecule has 0 aliphatic heterocycles. The van der Waals surface area contributed by atoms with E-state index >= 15 is 0 Å². The van der Waals surface area contributed by atoms with E-state index in [2.05, 4.69) is 5.32 Å². The molecule has 3 nitrogen and oxygen atoms in total. The van der Waals surface area contributed by atoms with E-state index in [-0.39, 0.29) is 46.8 Å². The van der Waals surface area contributed by atoms with Gasteiger partial charge in [-0.1, -0.05) is 48.2 Å². The van der Waals surface area contributed by atoms with Gasteiger partial charge in [0.05, 0.1) is 0 Å².